The summed E-state index contributed by atoms with van der Waals surface area (Å²) in [5, 5.41) is 12.3. The number of aliphatic hydroxyl groups is 1. The first-order chi connectivity index (χ1) is 9.54. The van der Waals surface area contributed by atoms with Crippen LogP contribution in [0.25, 0.3) is 0 Å². The Bertz CT molecular complexity index is 493. The van der Waals surface area contributed by atoms with Gasteiger partial charge in [-0.3, -0.25) is 4.79 Å². The van der Waals surface area contributed by atoms with Gasteiger partial charge in [0.05, 0.1) is 25.0 Å². The Morgan fingerprint density at radius 1 is 1.60 bits per heavy atom. The first-order valence-corrected chi connectivity index (χ1v) is 7.37. The van der Waals surface area contributed by atoms with Gasteiger partial charge in [0.1, 0.15) is 6.04 Å². The fourth-order valence-corrected chi connectivity index (χ4v) is 2.92. The molecule has 6 heteroatoms. The number of aliphatic hydroxyl groups excluding tert-OH is 1. The van der Waals surface area contributed by atoms with Gasteiger partial charge in [-0.05, 0) is 40.5 Å². The molecular formula is C14H19BrN2O3. The van der Waals surface area contributed by atoms with Crippen molar-refractivity contribution in [2.45, 2.75) is 19.1 Å². The van der Waals surface area contributed by atoms with Crippen LogP contribution in [0.15, 0.2) is 22.7 Å². The molecule has 1 fully saturated rings. The number of ether oxygens (including phenoxy) is 1. The molecule has 0 saturated carbocycles. The first kappa shape index (κ1) is 15.3. The van der Waals surface area contributed by atoms with E-state index in [0.717, 1.165) is 15.7 Å². The van der Waals surface area contributed by atoms with Crippen LogP contribution in [0.5, 0.6) is 0 Å². The predicted molar refractivity (Wildman–Crippen MR) is 80.8 cm³/mol. The van der Waals surface area contributed by atoms with E-state index < -0.39 is 6.10 Å². The van der Waals surface area contributed by atoms with Gasteiger partial charge in [-0.25, -0.2) is 0 Å². The molecule has 0 radical (unpaired) electrons. The monoisotopic (exact) mass is 342 g/mol. The highest BCUT2D eigenvalue weighted by Gasteiger charge is 2.30. The molecule has 1 amide bonds. The highest BCUT2D eigenvalue weighted by atomic mass is 79.9. The van der Waals surface area contributed by atoms with Crippen molar-refractivity contribution in [1.29, 1.82) is 0 Å². The predicted octanol–water partition coefficient (Wildman–Crippen LogP) is 1.45. The maximum absolute atomic E-state index is 11.9. The van der Waals surface area contributed by atoms with E-state index in [1.807, 2.05) is 23.1 Å². The number of anilines is 1. The third-order valence-electron chi connectivity index (χ3n) is 3.44. The maximum Gasteiger partial charge on any atom is 0.244 e. The minimum Gasteiger partial charge on any atom is -0.389 e. The number of carbonyl (C=O) groups excluding carboxylic acids is 1. The summed E-state index contributed by atoms with van der Waals surface area (Å²) in [5.41, 5.74) is 1.77. The Morgan fingerprint density at radius 2 is 2.35 bits per heavy atom. The summed E-state index contributed by atoms with van der Waals surface area (Å²) >= 11 is 3.52. The molecule has 2 N–H and O–H groups in total. The lowest BCUT2D eigenvalue weighted by Crippen LogP contribution is -2.53. The van der Waals surface area contributed by atoms with E-state index in [1.165, 1.54) is 0 Å². The second-order valence-corrected chi connectivity index (χ2v) is 5.64. The standard InChI is InChI=1S/C14H19BrN2O3/c1-9(18)10-3-4-12(11(15)7-10)17-5-6-20-8-13(17)14(19)16-2/h3-4,7,9,13,18H,5-6,8H2,1-2H3,(H,16,19). The number of halogens is 1. The molecule has 2 unspecified atom stereocenters. The van der Waals surface area contributed by atoms with Gasteiger partial charge in [0.2, 0.25) is 5.91 Å². The van der Waals surface area contributed by atoms with Crippen molar-refractivity contribution >= 4 is 27.5 Å². The molecule has 5 nitrogen and oxygen atoms in total. The molecule has 1 aromatic rings. The summed E-state index contributed by atoms with van der Waals surface area (Å²) in [6.07, 6.45) is -0.514. The van der Waals surface area contributed by atoms with Crippen molar-refractivity contribution in [3.63, 3.8) is 0 Å². The summed E-state index contributed by atoms with van der Waals surface area (Å²) in [5.74, 6) is -0.0591. The van der Waals surface area contributed by atoms with Crippen LogP contribution in [0, 0.1) is 0 Å². The minimum absolute atomic E-state index is 0.0591. The SMILES string of the molecule is CNC(=O)C1COCCN1c1ccc(C(C)O)cc1Br. The summed E-state index contributed by atoms with van der Waals surface area (Å²) in [6.45, 7) is 3.36. The molecule has 1 aliphatic heterocycles. The smallest absolute Gasteiger partial charge is 0.244 e. The molecule has 1 heterocycles. The van der Waals surface area contributed by atoms with E-state index in [4.69, 9.17) is 4.74 Å². The van der Waals surface area contributed by atoms with Crippen molar-refractivity contribution in [1.82, 2.24) is 5.32 Å². The number of hydrogen-bond donors (Lipinski definition) is 2. The molecule has 0 aliphatic carbocycles. The first-order valence-electron chi connectivity index (χ1n) is 6.58. The maximum atomic E-state index is 11.9. The third kappa shape index (κ3) is 3.13. The summed E-state index contributed by atoms with van der Waals surface area (Å²) in [7, 11) is 1.63. The fourth-order valence-electron chi connectivity index (χ4n) is 2.29. The fraction of sp³-hybridized carbons (Fsp3) is 0.500. The molecular weight excluding hydrogens is 324 g/mol. The van der Waals surface area contributed by atoms with Gasteiger partial charge in [0.25, 0.3) is 0 Å². The van der Waals surface area contributed by atoms with E-state index in [0.29, 0.717) is 19.8 Å². The van der Waals surface area contributed by atoms with Gasteiger partial charge in [0.15, 0.2) is 0 Å². The van der Waals surface area contributed by atoms with Gasteiger partial charge < -0.3 is 20.1 Å². The van der Waals surface area contributed by atoms with E-state index in [9.17, 15) is 9.90 Å². The number of likely N-dealkylation sites (N-methyl/N-ethyl adjacent to an activating group) is 1. The quantitative estimate of drug-likeness (QED) is 0.872. The number of amides is 1. The summed E-state index contributed by atoms with van der Waals surface area (Å²) in [6, 6.07) is 5.35. The van der Waals surface area contributed by atoms with Crippen LogP contribution in [0.1, 0.15) is 18.6 Å². The lowest BCUT2D eigenvalue weighted by molar-refractivity contribution is -0.124. The van der Waals surface area contributed by atoms with Gasteiger partial charge in [0, 0.05) is 18.1 Å². The third-order valence-corrected chi connectivity index (χ3v) is 4.08. The zero-order chi connectivity index (χ0) is 14.7. The lowest BCUT2D eigenvalue weighted by Gasteiger charge is -2.36. The topological polar surface area (TPSA) is 61.8 Å². The molecule has 110 valence electrons. The molecule has 20 heavy (non-hydrogen) atoms. The van der Waals surface area contributed by atoms with Crippen LogP contribution in [0.2, 0.25) is 0 Å². The van der Waals surface area contributed by atoms with Crippen molar-refractivity contribution in [3.8, 4) is 0 Å². The van der Waals surface area contributed by atoms with Crippen molar-refractivity contribution < 1.29 is 14.6 Å². The average molecular weight is 343 g/mol. The second-order valence-electron chi connectivity index (χ2n) is 4.79. The molecule has 0 bridgehead atoms. The summed E-state index contributed by atoms with van der Waals surface area (Å²) in [4.78, 5) is 14.0. The minimum atomic E-state index is -0.514. The largest absolute Gasteiger partial charge is 0.389 e. The van der Waals surface area contributed by atoms with E-state index in [-0.39, 0.29) is 11.9 Å². The van der Waals surface area contributed by atoms with E-state index in [2.05, 4.69) is 21.2 Å². The lowest BCUT2D eigenvalue weighted by atomic mass is 10.1. The number of carbonyl (C=O) groups is 1. The van der Waals surface area contributed by atoms with Crippen LogP contribution in [-0.2, 0) is 9.53 Å². The molecule has 2 rings (SSSR count). The van der Waals surface area contributed by atoms with Crippen LogP contribution in [0.4, 0.5) is 5.69 Å². The van der Waals surface area contributed by atoms with E-state index in [1.54, 1.807) is 14.0 Å². The second kappa shape index (κ2) is 6.56. The Morgan fingerprint density at radius 3 is 2.95 bits per heavy atom. The number of hydrogen-bond acceptors (Lipinski definition) is 4. The van der Waals surface area contributed by atoms with E-state index >= 15 is 0 Å². The molecule has 1 aromatic carbocycles. The summed E-state index contributed by atoms with van der Waals surface area (Å²) < 4.78 is 6.27. The normalized spacial score (nSPS) is 20.6. The van der Waals surface area contributed by atoms with Crippen LogP contribution >= 0.6 is 15.9 Å². The number of nitrogens with zero attached hydrogens (tertiary/aromatic N) is 1. The zero-order valence-electron chi connectivity index (χ0n) is 11.6. The highest BCUT2D eigenvalue weighted by Crippen LogP contribution is 2.31. The van der Waals surface area contributed by atoms with Gasteiger partial charge in [-0.1, -0.05) is 6.07 Å². The van der Waals surface area contributed by atoms with Crippen molar-refractivity contribution in [2.75, 3.05) is 31.7 Å². The number of nitrogens with one attached hydrogen (secondary N) is 1. The van der Waals surface area contributed by atoms with Gasteiger partial charge in [-0.2, -0.15) is 0 Å². The Hall–Kier alpha value is -1.11. The molecule has 0 spiro atoms. The highest BCUT2D eigenvalue weighted by molar-refractivity contribution is 9.10. The average Bonchev–Trinajstić information content (AvgIpc) is 2.46. The van der Waals surface area contributed by atoms with Gasteiger partial charge >= 0.3 is 0 Å². The number of morpholine rings is 1. The molecule has 1 aliphatic rings. The van der Waals surface area contributed by atoms with Crippen molar-refractivity contribution in [3.05, 3.63) is 28.2 Å². The van der Waals surface area contributed by atoms with Crippen LogP contribution < -0.4 is 10.2 Å². The molecule has 2 atom stereocenters. The van der Waals surface area contributed by atoms with Crippen LogP contribution in [0.3, 0.4) is 0 Å². The van der Waals surface area contributed by atoms with Crippen molar-refractivity contribution in [2.24, 2.45) is 0 Å². The Labute approximate surface area is 127 Å². The number of rotatable bonds is 3. The van der Waals surface area contributed by atoms with Gasteiger partial charge in [-0.15, -0.1) is 0 Å². The zero-order valence-corrected chi connectivity index (χ0v) is 13.2. The van der Waals surface area contributed by atoms with Crippen LogP contribution in [-0.4, -0.2) is 43.9 Å². The number of benzene rings is 1. The Balaban J connectivity index is 2.30. The molecule has 1 saturated heterocycles. The Kier molecular flexibility index (Phi) is 5.01. The molecule has 0 aromatic heterocycles.